The highest BCUT2D eigenvalue weighted by Gasteiger charge is 2.26. The fraction of sp³-hybridized carbons (Fsp3) is 0.286. The predicted molar refractivity (Wildman–Crippen MR) is 118 cm³/mol. The smallest absolute Gasteiger partial charge is 0.329 e. The molecule has 8 nitrogen and oxygen atoms in total. The van der Waals surface area contributed by atoms with Crippen molar-refractivity contribution in [3.63, 3.8) is 0 Å². The lowest BCUT2D eigenvalue weighted by Crippen LogP contribution is -2.52. The van der Waals surface area contributed by atoms with Crippen molar-refractivity contribution in [3.05, 3.63) is 52.5 Å². The monoisotopic (exact) mass is 474 g/mol. The van der Waals surface area contributed by atoms with Gasteiger partial charge in [0.2, 0.25) is 0 Å². The lowest BCUT2D eigenvalue weighted by atomic mass is 10.2. The highest BCUT2D eigenvalue weighted by atomic mass is 79.9. The summed E-state index contributed by atoms with van der Waals surface area (Å²) in [5.41, 5.74) is 3.94. The molecule has 1 saturated heterocycles. The molecule has 0 bridgehead atoms. The van der Waals surface area contributed by atoms with Gasteiger partial charge in [-0.3, -0.25) is 9.59 Å². The molecule has 158 valence electrons. The van der Waals surface area contributed by atoms with Crippen molar-refractivity contribution in [3.8, 4) is 11.5 Å². The number of rotatable bonds is 5. The molecule has 1 N–H and O–H groups in total. The van der Waals surface area contributed by atoms with Crippen molar-refractivity contribution < 1.29 is 19.1 Å². The molecule has 9 heteroatoms. The Morgan fingerprint density at radius 1 is 1.03 bits per heavy atom. The van der Waals surface area contributed by atoms with Crippen LogP contribution in [0.5, 0.6) is 11.5 Å². The van der Waals surface area contributed by atoms with Crippen LogP contribution in [0.15, 0.2) is 52.0 Å². The zero-order chi connectivity index (χ0) is 21.5. The molecule has 1 aliphatic heterocycles. The van der Waals surface area contributed by atoms with E-state index in [2.05, 4.69) is 31.4 Å². The summed E-state index contributed by atoms with van der Waals surface area (Å²) < 4.78 is 11.5. The third-order valence-corrected chi connectivity index (χ3v) is 5.24. The molecular weight excluding hydrogens is 452 g/mol. The molecule has 2 amide bonds. The normalized spacial score (nSPS) is 14.0. The van der Waals surface area contributed by atoms with Crippen molar-refractivity contribution in [2.75, 3.05) is 45.3 Å². The van der Waals surface area contributed by atoms with E-state index < -0.39 is 11.8 Å². The molecule has 0 saturated carbocycles. The van der Waals surface area contributed by atoms with Crippen LogP contribution in [0.3, 0.4) is 0 Å². The minimum absolute atomic E-state index is 0.438. The minimum Gasteiger partial charge on any atom is -0.496 e. The summed E-state index contributed by atoms with van der Waals surface area (Å²) in [5.74, 6) is 0.0151. The quantitative estimate of drug-likeness (QED) is 0.408. The summed E-state index contributed by atoms with van der Waals surface area (Å²) in [4.78, 5) is 28.3. The fourth-order valence-electron chi connectivity index (χ4n) is 3.20. The molecule has 0 unspecified atom stereocenters. The van der Waals surface area contributed by atoms with E-state index in [1.54, 1.807) is 26.4 Å². The van der Waals surface area contributed by atoms with E-state index in [0.717, 1.165) is 15.9 Å². The SMILES string of the molecule is COc1ccc(Br)cc1C=NNC(=O)C(=O)N1CCN(c2ccccc2OC)CC1. The summed E-state index contributed by atoms with van der Waals surface area (Å²) >= 11 is 3.38. The average molecular weight is 475 g/mol. The lowest BCUT2D eigenvalue weighted by Gasteiger charge is -2.36. The second kappa shape index (κ2) is 10.1. The number of benzene rings is 2. The van der Waals surface area contributed by atoms with Crippen LogP contribution < -0.4 is 19.8 Å². The number of halogens is 1. The molecule has 0 atom stereocenters. The first-order valence-electron chi connectivity index (χ1n) is 9.37. The van der Waals surface area contributed by atoms with E-state index in [9.17, 15) is 9.59 Å². The van der Waals surface area contributed by atoms with Crippen LogP contribution >= 0.6 is 15.9 Å². The third kappa shape index (κ3) is 5.10. The number of para-hydroxylation sites is 2. The Morgan fingerprint density at radius 3 is 2.43 bits per heavy atom. The Hall–Kier alpha value is -3.07. The highest BCUT2D eigenvalue weighted by Crippen LogP contribution is 2.28. The van der Waals surface area contributed by atoms with Crippen molar-refractivity contribution in [2.45, 2.75) is 0 Å². The van der Waals surface area contributed by atoms with Crippen LogP contribution in [0, 0.1) is 0 Å². The standard InChI is InChI=1S/C21H23BrN4O4/c1-29-18-8-7-16(22)13-15(18)14-23-24-20(27)21(28)26-11-9-25(10-12-26)17-5-3-4-6-19(17)30-2/h3-8,13-14H,9-12H2,1-2H3,(H,24,27). The summed E-state index contributed by atoms with van der Waals surface area (Å²) in [5, 5.41) is 3.89. The van der Waals surface area contributed by atoms with Gasteiger partial charge in [-0.1, -0.05) is 28.1 Å². The first-order valence-corrected chi connectivity index (χ1v) is 10.2. The van der Waals surface area contributed by atoms with Crippen LogP contribution in [0.4, 0.5) is 5.69 Å². The van der Waals surface area contributed by atoms with Crippen LogP contribution in [0.2, 0.25) is 0 Å². The highest BCUT2D eigenvalue weighted by molar-refractivity contribution is 9.10. The van der Waals surface area contributed by atoms with Gasteiger partial charge in [-0.2, -0.15) is 5.10 Å². The molecule has 1 aliphatic rings. The molecule has 1 fully saturated rings. The number of nitrogens with one attached hydrogen (secondary N) is 1. The fourth-order valence-corrected chi connectivity index (χ4v) is 3.58. The second-order valence-corrected chi connectivity index (χ2v) is 7.45. The summed E-state index contributed by atoms with van der Waals surface area (Å²) in [7, 11) is 3.18. The van der Waals surface area contributed by atoms with Crippen LogP contribution in [0.25, 0.3) is 0 Å². The van der Waals surface area contributed by atoms with Gasteiger partial charge in [0, 0.05) is 36.2 Å². The molecule has 2 aromatic carbocycles. The maximum atomic E-state index is 12.4. The zero-order valence-corrected chi connectivity index (χ0v) is 18.4. The van der Waals surface area contributed by atoms with Gasteiger partial charge in [-0.25, -0.2) is 5.43 Å². The molecule has 30 heavy (non-hydrogen) atoms. The summed E-state index contributed by atoms with van der Waals surface area (Å²) in [6, 6.07) is 13.2. The van der Waals surface area contributed by atoms with Crippen molar-refractivity contribution in [2.24, 2.45) is 5.10 Å². The molecule has 1 heterocycles. The van der Waals surface area contributed by atoms with Crippen molar-refractivity contribution in [1.82, 2.24) is 10.3 Å². The van der Waals surface area contributed by atoms with E-state index in [-0.39, 0.29) is 0 Å². The molecule has 2 aromatic rings. The minimum atomic E-state index is -0.772. The van der Waals surface area contributed by atoms with Gasteiger partial charge < -0.3 is 19.3 Å². The first-order chi connectivity index (χ1) is 14.5. The Balaban J connectivity index is 1.55. The van der Waals surface area contributed by atoms with Crippen molar-refractivity contribution in [1.29, 1.82) is 0 Å². The average Bonchev–Trinajstić information content (AvgIpc) is 2.78. The number of methoxy groups -OCH3 is 2. The van der Waals surface area contributed by atoms with Gasteiger partial charge in [0.1, 0.15) is 11.5 Å². The van der Waals surface area contributed by atoms with E-state index in [1.165, 1.54) is 11.1 Å². The van der Waals surface area contributed by atoms with E-state index in [0.29, 0.717) is 37.5 Å². The van der Waals surface area contributed by atoms with Crippen LogP contribution in [-0.4, -0.2) is 63.3 Å². The second-order valence-electron chi connectivity index (χ2n) is 6.54. The number of hydrazone groups is 1. The van der Waals surface area contributed by atoms with Crippen molar-refractivity contribution >= 4 is 39.6 Å². The Labute approximate surface area is 183 Å². The Kier molecular flexibility index (Phi) is 7.29. The lowest BCUT2D eigenvalue weighted by molar-refractivity contribution is -0.146. The van der Waals surface area contributed by atoms with E-state index in [4.69, 9.17) is 9.47 Å². The molecule has 0 radical (unpaired) electrons. The van der Waals surface area contributed by atoms with E-state index >= 15 is 0 Å². The maximum Gasteiger partial charge on any atom is 0.329 e. The van der Waals surface area contributed by atoms with Gasteiger partial charge in [-0.15, -0.1) is 0 Å². The van der Waals surface area contributed by atoms with Gasteiger partial charge in [-0.05, 0) is 30.3 Å². The van der Waals surface area contributed by atoms with Gasteiger partial charge in [0.05, 0.1) is 26.1 Å². The van der Waals surface area contributed by atoms with Gasteiger partial charge >= 0.3 is 11.8 Å². The molecule has 0 aliphatic carbocycles. The Morgan fingerprint density at radius 2 is 1.73 bits per heavy atom. The van der Waals surface area contributed by atoms with Gasteiger partial charge in [0.15, 0.2) is 0 Å². The number of nitrogens with zero attached hydrogens (tertiary/aromatic N) is 3. The first kappa shape index (κ1) is 21.6. The number of carbonyl (C=O) groups excluding carboxylic acids is 2. The number of anilines is 1. The third-order valence-electron chi connectivity index (χ3n) is 4.75. The maximum absolute atomic E-state index is 12.4. The molecule has 0 spiro atoms. The number of hydrogen-bond acceptors (Lipinski definition) is 6. The van der Waals surface area contributed by atoms with Gasteiger partial charge in [0.25, 0.3) is 0 Å². The number of hydrogen-bond donors (Lipinski definition) is 1. The largest absolute Gasteiger partial charge is 0.496 e. The molecule has 3 rings (SSSR count). The summed E-state index contributed by atoms with van der Waals surface area (Å²) in [6.07, 6.45) is 1.44. The molecule has 0 aromatic heterocycles. The molecular formula is C21H23BrN4O4. The Bertz CT molecular complexity index is 942. The number of carbonyl (C=O) groups is 2. The zero-order valence-electron chi connectivity index (χ0n) is 16.8. The number of amides is 2. The van der Waals surface area contributed by atoms with E-state index in [1.807, 2.05) is 30.3 Å². The van der Waals surface area contributed by atoms with Crippen LogP contribution in [0.1, 0.15) is 5.56 Å². The number of piperazine rings is 1. The summed E-state index contributed by atoms with van der Waals surface area (Å²) in [6.45, 7) is 2.09. The number of ether oxygens (including phenoxy) is 2. The topological polar surface area (TPSA) is 83.5 Å². The predicted octanol–water partition coefficient (Wildman–Crippen LogP) is 2.27. The van der Waals surface area contributed by atoms with Crippen LogP contribution in [-0.2, 0) is 9.59 Å².